The maximum absolute atomic E-state index is 12.1. The van der Waals surface area contributed by atoms with Gasteiger partial charge in [0.2, 0.25) is 10.0 Å². The van der Waals surface area contributed by atoms with Crippen LogP contribution in [0, 0.1) is 5.92 Å². The van der Waals surface area contributed by atoms with Gasteiger partial charge in [-0.1, -0.05) is 38.3 Å². The van der Waals surface area contributed by atoms with Crippen LogP contribution in [0.5, 0.6) is 0 Å². The smallest absolute Gasteiger partial charge is 0.242 e. The Morgan fingerprint density at radius 2 is 1.94 bits per heavy atom. The van der Waals surface area contributed by atoms with Crippen LogP contribution in [-0.2, 0) is 10.0 Å². The molecule has 0 aromatic heterocycles. The highest BCUT2D eigenvalue weighted by molar-refractivity contribution is 7.89. The molecule has 1 aromatic carbocycles. The number of anilines is 1. The van der Waals surface area contributed by atoms with E-state index in [9.17, 15) is 8.42 Å². The Hall–Kier alpha value is -0.780. The predicted octanol–water partition coefficient (Wildman–Crippen LogP) is 2.64. The Morgan fingerprint density at radius 3 is 2.44 bits per heavy atom. The van der Waals surface area contributed by atoms with Crippen molar-refractivity contribution in [3.05, 3.63) is 23.2 Å². The van der Waals surface area contributed by atoms with Gasteiger partial charge in [-0.2, -0.15) is 0 Å². The lowest BCUT2D eigenvalue weighted by Crippen LogP contribution is -2.29. The van der Waals surface area contributed by atoms with Crippen LogP contribution in [-0.4, -0.2) is 15.0 Å². The van der Waals surface area contributed by atoms with Crippen molar-refractivity contribution in [2.75, 3.05) is 12.3 Å². The van der Waals surface area contributed by atoms with E-state index >= 15 is 0 Å². The highest BCUT2D eigenvalue weighted by Gasteiger charge is 2.18. The maximum Gasteiger partial charge on any atom is 0.242 e. The monoisotopic (exact) mass is 290 g/mol. The minimum Gasteiger partial charge on any atom is -0.399 e. The van der Waals surface area contributed by atoms with Crippen molar-refractivity contribution >= 4 is 27.3 Å². The molecule has 0 atom stereocenters. The highest BCUT2D eigenvalue weighted by Crippen LogP contribution is 2.23. The van der Waals surface area contributed by atoms with E-state index in [0.717, 1.165) is 12.8 Å². The molecule has 0 unspecified atom stereocenters. The highest BCUT2D eigenvalue weighted by atomic mass is 35.5. The standard InChI is InChI=1S/C12H19ClN2O2S/c1-3-9(4-2)8-15-18(16,17)12-6-5-10(14)7-11(12)13/h5-7,9,15H,3-4,8,14H2,1-2H3. The molecule has 6 heteroatoms. The van der Waals surface area contributed by atoms with E-state index in [-0.39, 0.29) is 9.92 Å². The lowest BCUT2D eigenvalue weighted by Gasteiger charge is -2.14. The number of benzene rings is 1. The summed E-state index contributed by atoms with van der Waals surface area (Å²) in [5, 5.41) is 0.145. The summed E-state index contributed by atoms with van der Waals surface area (Å²) >= 11 is 5.90. The van der Waals surface area contributed by atoms with Crippen molar-refractivity contribution < 1.29 is 8.42 Å². The largest absolute Gasteiger partial charge is 0.399 e. The number of halogens is 1. The molecule has 102 valence electrons. The quantitative estimate of drug-likeness (QED) is 0.791. The van der Waals surface area contributed by atoms with E-state index in [0.29, 0.717) is 18.2 Å². The average Bonchev–Trinajstić information content (AvgIpc) is 2.29. The van der Waals surface area contributed by atoms with Crippen LogP contribution >= 0.6 is 11.6 Å². The van der Waals surface area contributed by atoms with E-state index in [2.05, 4.69) is 4.72 Å². The van der Waals surface area contributed by atoms with E-state index < -0.39 is 10.0 Å². The van der Waals surface area contributed by atoms with Crippen LogP contribution in [0.2, 0.25) is 5.02 Å². The van der Waals surface area contributed by atoms with Gasteiger partial charge in [0, 0.05) is 12.2 Å². The Bertz CT molecular complexity index is 499. The molecule has 1 rings (SSSR count). The van der Waals surface area contributed by atoms with Gasteiger partial charge in [0.1, 0.15) is 4.90 Å². The van der Waals surface area contributed by atoms with Crippen molar-refractivity contribution in [3.63, 3.8) is 0 Å². The van der Waals surface area contributed by atoms with Crippen molar-refractivity contribution in [2.24, 2.45) is 5.92 Å². The summed E-state index contributed by atoms with van der Waals surface area (Å²) in [5.74, 6) is 0.340. The molecule has 0 heterocycles. The van der Waals surface area contributed by atoms with Gasteiger partial charge in [0.25, 0.3) is 0 Å². The molecule has 18 heavy (non-hydrogen) atoms. The van der Waals surface area contributed by atoms with Gasteiger partial charge >= 0.3 is 0 Å². The number of nitrogens with one attached hydrogen (secondary N) is 1. The van der Waals surface area contributed by atoms with Crippen LogP contribution in [0.25, 0.3) is 0 Å². The fourth-order valence-corrected chi connectivity index (χ4v) is 3.28. The van der Waals surface area contributed by atoms with Crippen molar-refractivity contribution in [1.82, 2.24) is 4.72 Å². The minimum absolute atomic E-state index is 0.0734. The van der Waals surface area contributed by atoms with Crippen LogP contribution in [0.1, 0.15) is 26.7 Å². The summed E-state index contributed by atoms with van der Waals surface area (Å²) in [6.45, 7) is 4.51. The molecule has 0 bridgehead atoms. The number of sulfonamides is 1. The topological polar surface area (TPSA) is 72.2 Å². The van der Waals surface area contributed by atoms with E-state index in [1.807, 2.05) is 13.8 Å². The minimum atomic E-state index is -3.56. The van der Waals surface area contributed by atoms with Crippen LogP contribution in [0.15, 0.2) is 23.1 Å². The Kier molecular flexibility index (Phi) is 5.44. The normalized spacial score (nSPS) is 12.0. The number of hydrogen-bond donors (Lipinski definition) is 2. The SMILES string of the molecule is CCC(CC)CNS(=O)(=O)c1ccc(N)cc1Cl. The second-order valence-corrected chi connectivity index (χ2v) is 6.37. The fourth-order valence-electron chi connectivity index (χ4n) is 1.62. The first-order valence-electron chi connectivity index (χ1n) is 5.95. The maximum atomic E-state index is 12.1. The first kappa shape index (κ1) is 15.3. The predicted molar refractivity (Wildman–Crippen MR) is 75.1 cm³/mol. The van der Waals surface area contributed by atoms with Gasteiger partial charge in [-0.3, -0.25) is 0 Å². The zero-order chi connectivity index (χ0) is 13.8. The number of nitrogen functional groups attached to an aromatic ring is 1. The van der Waals surface area contributed by atoms with Gasteiger partial charge in [-0.15, -0.1) is 0 Å². The summed E-state index contributed by atoms with van der Waals surface area (Å²) in [5.41, 5.74) is 5.98. The summed E-state index contributed by atoms with van der Waals surface area (Å²) in [6.07, 6.45) is 1.88. The zero-order valence-corrected chi connectivity index (χ0v) is 12.2. The molecule has 0 fully saturated rings. The molecule has 0 saturated heterocycles. The van der Waals surface area contributed by atoms with Gasteiger partial charge in [0.15, 0.2) is 0 Å². The van der Waals surface area contributed by atoms with Gasteiger partial charge in [0.05, 0.1) is 5.02 Å². The third kappa shape index (κ3) is 3.86. The first-order valence-corrected chi connectivity index (χ1v) is 7.81. The van der Waals surface area contributed by atoms with E-state index in [4.69, 9.17) is 17.3 Å². The molecule has 0 aliphatic heterocycles. The van der Waals surface area contributed by atoms with Gasteiger partial charge < -0.3 is 5.73 Å². The Morgan fingerprint density at radius 1 is 1.33 bits per heavy atom. The number of rotatable bonds is 6. The molecule has 3 N–H and O–H groups in total. The lowest BCUT2D eigenvalue weighted by molar-refractivity contribution is 0.479. The van der Waals surface area contributed by atoms with E-state index in [1.54, 1.807) is 0 Å². The van der Waals surface area contributed by atoms with Gasteiger partial charge in [-0.25, -0.2) is 13.1 Å². The molecule has 0 spiro atoms. The van der Waals surface area contributed by atoms with Crippen LogP contribution in [0.3, 0.4) is 0 Å². The average molecular weight is 291 g/mol. The number of hydrogen-bond acceptors (Lipinski definition) is 3. The summed E-state index contributed by atoms with van der Waals surface area (Å²) < 4.78 is 26.7. The summed E-state index contributed by atoms with van der Waals surface area (Å²) in [6, 6.07) is 4.39. The van der Waals surface area contributed by atoms with Crippen molar-refractivity contribution in [3.8, 4) is 0 Å². The number of nitrogens with two attached hydrogens (primary N) is 1. The third-order valence-corrected chi connectivity index (χ3v) is 4.87. The molecule has 0 saturated carbocycles. The lowest BCUT2D eigenvalue weighted by atomic mass is 10.0. The molecule has 0 amide bonds. The Labute approximate surface area is 114 Å². The summed E-state index contributed by atoms with van der Waals surface area (Å²) in [7, 11) is -3.56. The Balaban J connectivity index is 2.86. The molecule has 0 radical (unpaired) electrons. The van der Waals surface area contributed by atoms with Crippen LogP contribution < -0.4 is 10.5 Å². The van der Waals surface area contributed by atoms with Crippen molar-refractivity contribution in [1.29, 1.82) is 0 Å². The third-order valence-electron chi connectivity index (χ3n) is 2.96. The zero-order valence-electron chi connectivity index (χ0n) is 10.6. The molecule has 1 aromatic rings. The molecule has 0 aliphatic carbocycles. The van der Waals surface area contributed by atoms with Crippen molar-refractivity contribution in [2.45, 2.75) is 31.6 Å². The fraction of sp³-hybridized carbons (Fsp3) is 0.500. The second kappa shape index (κ2) is 6.41. The van der Waals surface area contributed by atoms with E-state index in [1.165, 1.54) is 18.2 Å². The van der Waals surface area contributed by atoms with Gasteiger partial charge in [-0.05, 0) is 24.1 Å². The molecule has 0 aliphatic rings. The van der Waals surface area contributed by atoms with Crippen LogP contribution in [0.4, 0.5) is 5.69 Å². The molecular formula is C12H19ClN2O2S. The summed E-state index contributed by atoms with van der Waals surface area (Å²) in [4.78, 5) is 0.0734. The molecular weight excluding hydrogens is 272 g/mol. The molecule has 4 nitrogen and oxygen atoms in total. The second-order valence-electron chi connectivity index (χ2n) is 4.22. The first-order chi connectivity index (χ1) is 8.40.